The summed E-state index contributed by atoms with van der Waals surface area (Å²) in [4.78, 5) is 4.58. The van der Waals surface area contributed by atoms with Crippen molar-refractivity contribution >= 4 is 5.96 Å². The Hall–Kier alpha value is -1.80. The zero-order chi connectivity index (χ0) is 21.3. The molecule has 5 nitrogen and oxygen atoms in total. The molecule has 164 valence electrons. The molecule has 3 N–H and O–H groups in total. The molecule has 8 heteroatoms. The number of halogens is 3. The molecule has 0 spiro atoms. The highest BCUT2D eigenvalue weighted by molar-refractivity contribution is 5.79. The number of nitrogens with zero attached hydrogens (tertiary/aromatic N) is 1. The molecule has 1 fully saturated rings. The van der Waals surface area contributed by atoms with E-state index >= 15 is 0 Å². The van der Waals surface area contributed by atoms with Gasteiger partial charge in [-0.25, -0.2) is 4.99 Å². The molecule has 1 aliphatic carbocycles. The average molecular weight is 416 g/mol. The zero-order valence-electron chi connectivity index (χ0n) is 17.2. The van der Waals surface area contributed by atoms with Crippen molar-refractivity contribution in [3.05, 3.63) is 35.4 Å². The number of hydrogen-bond acceptors (Lipinski definition) is 3. The molecule has 0 radical (unpaired) electrons. The molecule has 0 aliphatic heterocycles. The van der Waals surface area contributed by atoms with Crippen molar-refractivity contribution < 1.29 is 23.0 Å². The lowest BCUT2D eigenvalue weighted by molar-refractivity contribution is -0.176. The summed E-state index contributed by atoms with van der Waals surface area (Å²) in [7, 11) is 0. The number of nitrogens with one attached hydrogen (secondary N) is 2. The van der Waals surface area contributed by atoms with E-state index in [1.54, 1.807) is 12.1 Å². The summed E-state index contributed by atoms with van der Waals surface area (Å²) < 4.78 is 41.0. The van der Waals surface area contributed by atoms with Crippen LogP contribution in [0.3, 0.4) is 0 Å². The fourth-order valence-corrected chi connectivity index (χ4v) is 3.41. The molecular weight excluding hydrogens is 383 g/mol. The van der Waals surface area contributed by atoms with Crippen molar-refractivity contribution in [3.8, 4) is 0 Å². The molecule has 29 heavy (non-hydrogen) atoms. The van der Waals surface area contributed by atoms with Gasteiger partial charge in [0.1, 0.15) is 6.61 Å². The van der Waals surface area contributed by atoms with Crippen molar-refractivity contribution in [3.63, 3.8) is 0 Å². The molecule has 1 aliphatic rings. The Labute approximate surface area is 170 Å². The van der Waals surface area contributed by atoms with Crippen LogP contribution in [0.1, 0.15) is 50.7 Å². The molecule has 2 unspecified atom stereocenters. The number of aliphatic hydroxyl groups is 1. The van der Waals surface area contributed by atoms with Crippen molar-refractivity contribution in [1.29, 1.82) is 0 Å². The van der Waals surface area contributed by atoms with E-state index in [1.165, 1.54) is 0 Å². The Morgan fingerprint density at radius 2 is 1.90 bits per heavy atom. The fraction of sp³-hybridized carbons (Fsp3) is 0.667. The average Bonchev–Trinajstić information content (AvgIpc) is 2.67. The van der Waals surface area contributed by atoms with Gasteiger partial charge in [0, 0.05) is 18.5 Å². The van der Waals surface area contributed by atoms with Crippen LogP contribution in [0.2, 0.25) is 0 Å². The summed E-state index contributed by atoms with van der Waals surface area (Å²) in [6.07, 6.45) is -0.596. The number of ether oxygens (including phenoxy) is 1. The van der Waals surface area contributed by atoms with E-state index in [1.807, 2.05) is 19.1 Å². The van der Waals surface area contributed by atoms with Crippen LogP contribution in [0.4, 0.5) is 13.2 Å². The molecule has 0 amide bonds. The third kappa shape index (κ3) is 8.22. The molecule has 1 saturated carbocycles. The van der Waals surface area contributed by atoms with Crippen LogP contribution in [0, 0.1) is 5.41 Å². The molecule has 1 aromatic rings. The van der Waals surface area contributed by atoms with Gasteiger partial charge in [-0.3, -0.25) is 0 Å². The maximum absolute atomic E-state index is 12.1. The topological polar surface area (TPSA) is 65.9 Å². The maximum Gasteiger partial charge on any atom is 0.411 e. The molecule has 0 aromatic heterocycles. The fourth-order valence-electron chi connectivity index (χ4n) is 3.41. The molecular formula is C21H32F3N3O2. The molecule has 2 atom stereocenters. The first kappa shape index (κ1) is 23.5. The lowest BCUT2D eigenvalue weighted by atomic mass is 9.73. The minimum Gasteiger partial charge on any atom is -0.392 e. The van der Waals surface area contributed by atoms with E-state index in [2.05, 4.69) is 27.3 Å². The molecule has 0 heterocycles. The van der Waals surface area contributed by atoms with Crippen LogP contribution in [0.25, 0.3) is 0 Å². The summed E-state index contributed by atoms with van der Waals surface area (Å²) in [5.41, 5.74) is 1.48. The van der Waals surface area contributed by atoms with Crippen LogP contribution in [-0.4, -0.2) is 43.0 Å². The predicted molar refractivity (Wildman–Crippen MR) is 108 cm³/mol. The Morgan fingerprint density at radius 1 is 1.21 bits per heavy atom. The Morgan fingerprint density at radius 3 is 2.52 bits per heavy atom. The normalized spacial score (nSPS) is 23.1. The minimum atomic E-state index is -4.31. The van der Waals surface area contributed by atoms with Crippen LogP contribution in [0.15, 0.2) is 29.3 Å². The van der Waals surface area contributed by atoms with Gasteiger partial charge in [0.25, 0.3) is 0 Å². The number of benzene rings is 1. The van der Waals surface area contributed by atoms with Gasteiger partial charge in [-0.1, -0.05) is 44.0 Å². The van der Waals surface area contributed by atoms with Crippen LogP contribution in [-0.2, 0) is 17.9 Å². The molecule has 2 rings (SSSR count). The predicted octanol–water partition coefficient (Wildman–Crippen LogP) is 3.76. The number of alkyl halides is 3. The van der Waals surface area contributed by atoms with Crippen LogP contribution in [0.5, 0.6) is 0 Å². The summed E-state index contributed by atoms with van der Waals surface area (Å²) in [6, 6.07) is 7.18. The van der Waals surface area contributed by atoms with E-state index < -0.39 is 12.8 Å². The van der Waals surface area contributed by atoms with Crippen LogP contribution < -0.4 is 10.6 Å². The first-order valence-corrected chi connectivity index (χ1v) is 10.1. The summed E-state index contributed by atoms with van der Waals surface area (Å²) in [5.74, 6) is 0.684. The van der Waals surface area contributed by atoms with Gasteiger partial charge in [0.05, 0.1) is 19.3 Å². The molecule has 1 aromatic carbocycles. The highest BCUT2D eigenvalue weighted by Gasteiger charge is 2.35. The second kappa shape index (κ2) is 10.8. The highest BCUT2D eigenvalue weighted by Crippen LogP contribution is 2.35. The van der Waals surface area contributed by atoms with Gasteiger partial charge in [-0.2, -0.15) is 13.2 Å². The Balaban J connectivity index is 1.87. The van der Waals surface area contributed by atoms with E-state index in [-0.39, 0.29) is 18.1 Å². The third-order valence-electron chi connectivity index (χ3n) is 5.26. The molecule has 0 saturated heterocycles. The number of aliphatic hydroxyl groups excluding tert-OH is 1. The lowest BCUT2D eigenvalue weighted by Gasteiger charge is -2.38. The monoisotopic (exact) mass is 415 g/mol. The van der Waals surface area contributed by atoms with Crippen molar-refractivity contribution in [2.75, 3.05) is 19.7 Å². The van der Waals surface area contributed by atoms with Crippen molar-refractivity contribution in [2.45, 2.75) is 65.0 Å². The largest absolute Gasteiger partial charge is 0.411 e. The summed E-state index contributed by atoms with van der Waals surface area (Å²) in [6.45, 7) is 4.59. The number of hydrogen-bond donors (Lipinski definition) is 3. The zero-order valence-corrected chi connectivity index (χ0v) is 17.2. The Bertz CT molecular complexity index is 650. The van der Waals surface area contributed by atoms with Gasteiger partial charge in [0.15, 0.2) is 5.96 Å². The van der Waals surface area contributed by atoms with Gasteiger partial charge >= 0.3 is 6.18 Å². The van der Waals surface area contributed by atoms with E-state index in [0.717, 1.165) is 37.8 Å². The van der Waals surface area contributed by atoms with Crippen LogP contribution >= 0.6 is 0 Å². The number of rotatable bonds is 8. The molecule has 0 bridgehead atoms. The van der Waals surface area contributed by atoms with Crippen molar-refractivity contribution in [2.24, 2.45) is 10.4 Å². The van der Waals surface area contributed by atoms with Gasteiger partial charge in [0.2, 0.25) is 0 Å². The Kier molecular flexibility index (Phi) is 8.77. The number of aliphatic imine (C=N–C) groups is 1. The second-order valence-corrected chi connectivity index (χ2v) is 7.89. The van der Waals surface area contributed by atoms with E-state index in [9.17, 15) is 18.3 Å². The summed E-state index contributed by atoms with van der Waals surface area (Å²) in [5, 5.41) is 16.9. The van der Waals surface area contributed by atoms with Gasteiger partial charge in [-0.15, -0.1) is 0 Å². The summed E-state index contributed by atoms with van der Waals surface area (Å²) >= 11 is 0. The SMILES string of the molecule is CCNC(=NCc1ccc(COCC(F)(F)F)cc1)NCC1(C)CCCCC1O. The standard InChI is InChI=1S/C21H32F3N3O2/c1-3-25-19(27-14-20(2)11-5-4-6-18(20)28)26-12-16-7-9-17(10-8-16)13-29-15-21(22,23)24/h7-10,18,28H,3-6,11-15H2,1-2H3,(H2,25,26,27). The van der Waals surface area contributed by atoms with Crippen molar-refractivity contribution in [1.82, 2.24) is 10.6 Å². The second-order valence-electron chi connectivity index (χ2n) is 7.89. The van der Waals surface area contributed by atoms with E-state index in [0.29, 0.717) is 24.6 Å². The lowest BCUT2D eigenvalue weighted by Crippen LogP contribution is -2.48. The number of guanidine groups is 1. The minimum absolute atomic E-state index is 0.0752. The van der Waals surface area contributed by atoms with Gasteiger partial charge in [-0.05, 0) is 30.9 Å². The quantitative estimate of drug-likeness (QED) is 0.447. The first-order chi connectivity index (χ1) is 13.7. The first-order valence-electron chi connectivity index (χ1n) is 10.1. The highest BCUT2D eigenvalue weighted by atomic mass is 19.4. The third-order valence-corrected chi connectivity index (χ3v) is 5.26. The van der Waals surface area contributed by atoms with Gasteiger partial charge < -0.3 is 20.5 Å². The smallest absolute Gasteiger partial charge is 0.392 e. The maximum atomic E-state index is 12.1. The van der Waals surface area contributed by atoms with E-state index in [4.69, 9.17) is 0 Å².